The van der Waals surface area contributed by atoms with Gasteiger partial charge in [0.1, 0.15) is 0 Å². The maximum Gasteiger partial charge on any atom is 0.409 e. The monoisotopic (exact) mass is 269 g/mol. The number of hydrogen-bond acceptors (Lipinski definition) is 3. The van der Waals surface area contributed by atoms with Gasteiger partial charge in [0.05, 0.1) is 6.61 Å². The van der Waals surface area contributed by atoms with Crippen LogP contribution in [0.1, 0.15) is 27.2 Å². The van der Waals surface area contributed by atoms with Crippen molar-refractivity contribution in [1.82, 2.24) is 15.1 Å². The van der Waals surface area contributed by atoms with E-state index < -0.39 is 0 Å². The van der Waals surface area contributed by atoms with Crippen molar-refractivity contribution in [3.05, 3.63) is 11.8 Å². The van der Waals surface area contributed by atoms with E-state index in [1.807, 2.05) is 13.8 Å². The lowest BCUT2D eigenvalue weighted by Gasteiger charge is -2.33. The molecular weight excluding hydrogens is 246 g/mol. The quantitative estimate of drug-likeness (QED) is 0.849. The van der Waals surface area contributed by atoms with E-state index in [4.69, 9.17) is 4.74 Å². The van der Waals surface area contributed by atoms with Crippen LogP contribution in [0, 0.1) is 0 Å². The van der Waals surface area contributed by atoms with Gasteiger partial charge in [-0.2, -0.15) is 0 Å². The molecule has 0 aromatic rings. The SMILES string of the molecule is CCOC(=O)N1CCN(C(=O)N/C=C(\C)CC)CC1. The third-order valence-corrected chi connectivity index (χ3v) is 3.09. The van der Waals surface area contributed by atoms with Gasteiger partial charge in [0.15, 0.2) is 0 Å². The number of ether oxygens (including phenoxy) is 1. The van der Waals surface area contributed by atoms with E-state index in [-0.39, 0.29) is 12.1 Å². The molecule has 1 aliphatic heterocycles. The molecule has 1 aliphatic rings. The van der Waals surface area contributed by atoms with Gasteiger partial charge in [-0.15, -0.1) is 0 Å². The highest BCUT2D eigenvalue weighted by atomic mass is 16.6. The van der Waals surface area contributed by atoms with Gasteiger partial charge >= 0.3 is 12.1 Å². The number of nitrogens with one attached hydrogen (secondary N) is 1. The number of carbonyl (C=O) groups is 2. The Balaban J connectivity index is 2.37. The summed E-state index contributed by atoms with van der Waals surface area (Å²) >= 11 is 0. The lowest BCUT2D eigenvalue weighted by molar-refractivity contribution is 0.0856. The zero-order valence-electron chi connectivity index (χ0n) is 11.9. The van der Waals surface area contributed by atoms with Crippen LogP contribution in [0.5, 0.6) is 0 Å². The second kappa shape index (κ2) is 7.66. The molecule has 0 aliphatic carbocycles. The molecule has 19 heavy (non-hydrogen) atoms. The van der Waals surface area contributed by atoms with E-state index >= 15 is 0 Å². The molecule has 3 amide bonds. The smallest absolute Gasteiger partial charge is 0.409 e. The molecule has 1 saturated heterocycles. The summed E-state index contributed by atoms with van der Waals surface area (Å²) < 4.78 is 4.93. The summed E-state index contributed by atoms with van der Waals surface area (Å²) in [5, 5.41) is 2.76. The van der Waals surface area contributed by atoms with Crippen molar-refractivity contribution in [2.45, 2.75) is 27.2 Å². The molecular formula is C13H23N3O3. The topological polar surface area (TPSA) is 61.9 Å². The van der Waals surface area contributed by atoms with Crippen molar-refractivity contribution < 1.29 is 14.3 Å². The Kier molecular flexibility index (Phi) is 6.18. The fourth-order valence-corrected chi connectivity index (χ4v) is 1.69. The van der Waals surface area contributed by atoms with E-state index in [9.17, 15) is 9.59 Å². The molecule has 0 atom stereocenters. The summed E-state index contributed by atoms with van der Waals surface area (Å²) in [4.78, 5) is 26.7. The lowest BCUT2D eigenvalue weighted by atomic mass is 10.2. The lowest BCUT2D eigenvalue weighted by Crippen LogP contribution is -2.52. The first kappa shape index (κ1) is 15.3. The van der Waals surface area contributed by atoms with E-state index in [0.717, 1.165) is 12.0 Å². The minimum atomic E-state index is -0.302. The molecule has 0 aromatic carbocycles. The number of nitrogens with zero attached hydrogens (tertiary/aromatic N) is 2. The van der Waals surface area contributed by atoms with Crippen molar-refractivity contribution in [2.75, 3.05) is 32.8 Å². The Morgan fingerprint density at radius 3 is 2.26 bits per heavy atom. The van der Waals surface area contributed by atoms with Crippen molar-refractivity contribution in [2.24, 2.45) is 0 Å². The second-order valence-corrected chi connectivity index (χ2v) is 4.47. The third-order valence-electron chi connectivity index (χ3n) is 3.09. The van der Waals surface area contributed by atoms with Crippen molar-refractivity contribution in [1.29, 1.82) is 0 Å². The summed E-state index contributed by atoms with van der Waals surface area (Å²) in [6.07, 6.45) is 2.35. The van der Waals surface area contributed by atoms with Gasteiger partial charge in [-0.1, -0.05) is 12.5 Å². The molecule has 0 radical (unpaired) electrons. The molecule has 0 unspecified atom stereocenters. The molecule has 0 bridgehead atoms. The highest BCUT2D eigenvalue weighted by Gasteiger charge is 2.24. The van der Waals surface area contributed by atoms with E-state index in [2.05, 4.69) is 5.32 Å². The Hall–Kier alpha value is -1.72. The van der Waals surface area contributed by atoms with Crippen LogP contribution in [0.3, 0.4) is 0 Å². The summed E-state index contributed by atoms with van der Waals surface area (Å²) in [7, 11) is 0. The van der Waals surface area contributed by atoms with Crippen LogP contribution in [0.2, 0.25) is 0 Å². The number of amides is 3. The van der Waals surface area contributed by atoms with Crippen LogP contribution >= 0.6 is 0 Å². The first-order chi connectivity index (χ1) is 9.08. The third kappa shape index (κ3) is 4.81. The van der Waals surface area contributed by atoms with Crippen LogP contribution in [0.25, 0.3) is 0 Å². The molecule has 6 heteroatoms. The fourth-order valence-electron chi connectivity index (χ4n) is 1.69. The van der Waals surface area contributed by atoms with Crippen LogP contribution in [-0.4, -0.2) is 54.7 Å². The number of allylic oxidation sites excluding steroid dienone is 1. The number of piperazine rings is 1. The number of carbonyl (C=O) groups excluding carboxylic acids is 2. The molecule has 1 fully saturated rings. The fraction of sp³-hybridized carbons (Fsp3) is 0.692. The number of hydrogen-bond donors (Lipinski definition) is 1. The molecule has 0 saturated carbocycles. The molecule has 0 spiro atoms. The van der Waals surface area contributed by atoms with E-state index in [0.29, 0.717) is 32.8 Å². The highest BCUT2D eigenvalue weighted by molar-refractivity contribution is 5.76. The number of urea groups is 1. The van der Waals surface area contributed by atoms with Gasteiger partial charge in [-0.25, -0.2) is 9.59 Å². The van der Waals surface area contributed by atoms with Crippen molar-refractivity contribution in [3.63, 3.8) is 0 Å². The summed E-state index contributed by atoms with van der Waals surface area (Å²) in [5.41, 5.74) is 1.12. The zero-order chi connectivity index (χ0) is 14.3. The second-order valence-electron chi connectivity index (χ2n) is 4.47. The normalized spacial score (nSPS) is 16.3. The average molecular weight is 269 g/mol. The highest BCUT2D eigenvalue weighted by Crippen LogP contribution is 2.04. The summed E-state index contributed by atoms with van der Waals surface area (Å²) in [6, 6.07) is -0.115. The Morgan fingerprint density at radius 1 is 1.16 bits per heavy atom. The van der Waals surface area contributed by atoms with Crippen molar-refractivity contribution >= 4 is 12.1 Å². The van der Waals surface area contributed by atoms with Crippen LogP contribution in [0.4, 0.5) is 9.59 Å². The van der Waals surface area contributed by atoms with E-state index in [1.165, 1.54) is 0 Å². The van der Waals surface area contributed by atoms with Gasteiger partial charge in [0.25, 0.3) is 0 Å². The Bertz CT molecular complexity index is 347. The van der Waals surface area contributed by atoms with Gasteiger partial charge in [0.2, 0.25) is 0 Å². The van der Waals surface area contributed by atoms with Crippen molar-refractivity contribution in [3.8, 4) is 0 Å². The maximum absolute atomic E-state index is 11.9. The van der Waals surface area contributed by atoms with Crippen LogP contribution in [0.15, 0.2) is 11.8 Å². The zero-order valence-corrected chi connectivity index (χ0v) is 11.9. The van der Waals surface area contributed by atoms with Crippen LogP contribution < -0.4 is 5.32 Å². The minimum Gasteiger partial charge on any atom is -0.450 e. The maximum atomic E-state index is 11.9. The Labute approximate surface area is 114 Å². The van der Waals surface area contributed by atoms with Gasteiger partial charge < -0.3 is 19.9 Å². The average Bonchev–Trinajstić information content (AvgIpc) is 2.44. The molecule has 0 aromatic heterocycles. The van der Waals surface area contributed by atoms with Gasteiger partial charge in [0, 0.05) is 32.4 Å². The van der Waals surface area contributed by atoms with Crippen LogP contribution in [-0.2, 0) is 4.74 Å². The first-order valence-corrected chi connectivity index (χ1v) is 6.71. The van der Waals surface area contributed by atoms with Gasteiger partial charge in [-0.3, -0.25) is 0 Å². The summed E-state index contributed by atoms with van der Waals surface area (Å²) in [6.45, 7) is 8.26. The molecule has 1 heterocycles. The molecule has 108 valence electrons. The van der Waals surface area contributed by atoms with E-state index in [1.54, 1.807) is 22.9 Å². The standard InChI is InChI=1S/C13H23N3O3/c1-4-11(3)10-14-12(17)15-6-8-16(9-7-15)13(18)19-5-2/h10H,4-9H2,1-3H3,(H,14,17)/b11-10+. The predicted octanol–water partition coefficient (Wildman–Crippen LogP) is 1.78. The largest absolute Gasteiger partial charge is 0.450 e. The van der Waals surface area contributed by atoms with Gasteiger partial charge in [-0.05, 0) is 20.3 Å². The molecule has 6 nitrogen and oxygen atoms in total. The first-order valence-electron chi connectivity index (χ1n) is 6.71. The molecule has 1 rings (SSSR count). The number of rotatable bonds is 3. The molecule has 1 N–H and O–H groups in total. The minimum absolute atomic E-state index is 0.115. The summed E-state index contributed by atoms with van der Waals surface area (Å²) in [5.74, 6) is 0. The predicted molar refractivity (Wildman–Crippen MR) is 72.7 cm³/mol. The Morgan fingerprint density at radius 2 is 1.74 bits per heavy atom.